The van der Waals surface area contributed by atoms with Gasteiger partial charge in [-0.1, -0.05) is 0 Å². The van der Waals surface area contributed by atoms with Gasteiger partial charge in [0.15, 0.2) is 6.29 Å². The van der Waals surface area contributed by atoms with E-state index in [0.29, 0.717) is 5.57 Å². The molecule has 1 unspecified atom stereocenters. The minimum absolute atomic E-state index is 0.266. The number of methoxy groups -OCH3 is 1. The fourth-order valence-electron chi connectivity index (χ4n) is 2.10. The molecule has 0 radical (unpaired) electrons. The highest BCUT2D eigenvalue weighted by molar-refractivity contribution is 5.98. The zero-order chi connectivity index (χ0) is 14.9. The molecule has 106 valence electrons. The van der Waals surface area contributed by atoms with E-state index in [1.165, 1.54) is 12.1 Å². The molecule has 1 heterocycles. The Hall–Kier alpha value is -2.09. The van der Waals surface area contributed by atoms with E-state index >= 15 is 0 Å². The number of nitrogens with two attached hydrogens (primary N) is 1. The van der Waals surface area contributed by atoms with Gasteiger partial charge < -0.3 is 4.74 Å². The molecule has 0 amide bonds. The first kappa shape index (κ1) is 14.3. The van der Waals surface area contributed by atoms with Crippen molar-refractivity contribution < 1.29 is 4.74 Å². The maximum atomic E-state index is 9.30. The molecule has 1 atom stereocenters. The molecule has 0 aromatic heterocycles. The molecule has 0 spiro atoms. The van der Waals surface area contributed by atoms with Crippen LogP contribution in [0.2, 0.25) is 0 Å². The average molecular weight is 274 g/mol. The third-order valence-corrected chi connectivity index (χ3v) is 3.29. The van der Waals surface area contributed by atoms with Crippen LogP contribution in [-0.2, 0) is 4.74 Å². The number of nitriles is 2. The van der Waals surface area contributed by atoms with E-state index in [0.717, 1.165) is 18.5 Å². The van der Waals surface area contributed by atoms with Gasteiger partial charge in [0.25, 0.3) is 0 Å². The van der Waals surface area contributed by atoms with E-state index < -0.39 is 11.8 Å². The summed E-state index contributed by atoms with van der Waals surface area (Å²) < 4.78 is 5.19. The summed E-state index contributed by atoms with van der Waals surface area (Å²) in [5.41, 5.74) is 0.333. The highest BCUT2D eigenvalue weighted by Gasteiger charge is 2.40. The van der Waals surface area contributed by atoms with Crippen molar-refractivity contribution in [3.63, 3.8) is 0 Å². The van der Waals surface area contributed by atoms with Crippen molar-refractivity contribution >= 4 is 5.90 Å². The van der Waals surface area contributed by atoms with Gasteiger partial charge in [-0.15, -0.1) is 0 Å². The lowest BCUT2D eigenvalue weighted by atomic mass is 10.1. The van der Waals surface area contributed by atoms with Gasteiger partial charge in [0.1, 0.15) is 17.2 Å². The minimum Gasteiger partial charge on any atom is -0.480 e. The van der Waals surface area contributed by atoms with Crippen molar-refractivity contribution in [3.8, 4) is 12.1 Å². The Morgan fingerprint density at radius 1 is 1.45 bits per heavy atom. The molecular formula is C13H18N6O. The molecule has 0 aromatic carbocycles. The van der Waals surface area contributed by atoms with Crippen molar-refractivity contribution in [1.82, 2.24) is 10.3 Å². The predicted octanol–water partition coefficient (Wildman–Crippen LogP) is 0.584. The number of hydrazine groups is 1. The van der Waals surface area contributed by atoms with Gasteiger partial charge in [-0.05, 0) is 26.7 Å². The van der Waals surface area contributed by atoms with Crippen LogP contribution < -0.4 is 11.2 Å². The van der Waals surface area contributed by atoms with Gasteiger partial charge in [-0.3, -0.25) is 10.3 Å². The lowest BCUT2D eigenvalue weighted by Crippen LogP contribution is -2.57. The topological polar surface area (TPSA) is 110 Å². The number of aliphatic imine (C=N–C) groups is 1. The van der Waals surface area contributed by atoms with E-state index in [9.17, 15) is 5.26 Å². The Labute approximate surface area is 118 Å². The SMILES string of the molecule is COC1=NC(NC(C)(C)C#N)N(N)C(C2CC2)=C1C#N. The van der Waals surface area contributed by atoms with Crippen LogP contribution in [0.15, 0.2) is 16.3 Å². The molecule has 0 aromatic rings. The monoisotopic (exact) mass is 274 g/mol. The van der Waals surface area contributed by atoms with Gasteiger partial charge in [0.2, 0.25) is 5.90 Å². The molecule has 2 rings (SSSR count). The van der Waals surface area contributed by atoms with Crippen molar-refractivity contribution in [2.45, 2.75) is 38.5 Å². The summed E-state index contributed by atoms with van der Waals surface area (Å²) in [5.74, 6) is 6.63. The van der Waals surface area contributed by atoms with Crippen molar-refractivity contribution in [2.24, 2.45) is 16.8 Å². The van der Waals surface area contributed by atoms with E-state index in [1.54, 1.807) is 13.8 Å². The van der Waals surface area contributed by atoms with Gasteiger partial charge in [0, 0.05) is 5.92 Å². The largest absolute Gasteiger partial charge is 0.480 e. The summed E-state index contributed by atoms with van der Waals surface area (Å²) in [7, 11) is 1.47. The van der Waals surface area contributed by atoms with Crippen molar-refractivity contribution in [3.05, 3.63) is 11.3 Å². The Morgan fingerprint density at radius 2 is 2.10 bits per heavy atom. The number of ether oxygens (including phenoxy) is 1. The molecule has 3 N–H and O–H groups in total. The third kappa shape index (κ3) is 2.60. The summed E-state index contributed by atoms with van der Waals surface area (Å²) >= 11 is 0. The maximum absolute atomic E-state index is 9.30. The lowest BCUT2D eigenvalue weighted by Gasteiger charge is -2.36. The van der Waals surface area contributed by atoms with Crippen molar-refractivity contribution in [2.75, 3.05) is 7.11 Å². The molecule has 1 aliphatic heterocycles. The lowest BCUT2D eigenvalue weighted by molar-refractivity contribution is 0.177. The molecule has 1 fully saturated rings. The average Bonchev–Trinajstić information content (AvgIpc) is 3.24. The Bertz CT molecular complexity index is 546. The van der Waals surface area contributed by atoms with Crippen LogP contribution in [0, 0.1) is 28.6 Å². The van der Waals surface area contributed by atoms with Crippen LogP contribution >= 0.6 is 0 Å². The second-order valence-corrected chi connectivity index (χ2v) is 5.45. The number of nitrogens with one attached hydrogen (secondary N) is 1. The molecule has 1 aliphatic carbocycles. The fraction of sp³-hybridized carbons (Fsp3) is 0.615. The van der Waals surface area contributed by atoms with Crippen LogP contribution in [0.3, 0.4) is 0 Å². The quantitative estimate of drug-likeness (QED) is 0.728. The second-order valence-electron chi connectivity index (χ2n) is 5.45. The Morgan fingerprint density at radius 3 is 2.55 bits per heavy atom. The van der Waals surface area contributed by atoms with Crippen LogP contribution in [0.25, 0.3) is 0 Å². The maximum Gasteiger partial charge on any atom is 0.231 e. The zero-order valence-corrected chi connectivity index (χ0v) is 11.8. The Kier molecular flexibility index (Phi) is 3.67. The van der Waals surface area contributed by atoms with E-state index in [2.05, 4.69) is 22.4 Å². The molecule has 20 heavy (non-hydrogen) atoms. The summed E-state index contributed by atoms with van der Waals surface area (Å²) in [6.07, 6.45) is 1.38. The Balaban J connectivity index is 2.35. The summed E-state index contributed by atoms with van der Waals surface area (Å²) in [5, 5.41) is 22.9. The third-order valence-electron chi connectivity index (χ3n) is 3.29. The van der Waals surface area contributed by atoms with Crippen LogP contribution in [0.5, 0.6) is 0 Å². The normalized spacial score (nSPS) is 23.0. The minimum atomic E-state index is -0.788. The molecule has 0 saturated heterocycles. The number of allylic oxidation sites excluding steroid dienone is 1. The number of nitrogens with zero attached hydrogens (tertiary/aromatic N) is 4. The van der Waals surface area contributed by atoms with Crippen molar-refractivity contribution in [1.29, 1.82) is 10.5 Å². The highest BCUT2D eigenvalue weighted by atomic mass is 16.5. The molecule has 2 aliphatic rings. The van der Waals surface area contributed by atoms with Crippen LogP contribution in [0.1, 0.15) is 26.7 Å². The standard InChI is InChI=1S/C13H18N6O/c1-13(2,7-15)18-12-17-11(20-3)9(6-14)10(19(12)16)8-4-5-8/h8,12,18H,4-5,16H2,1-3H3. The van der Waals surface area contributed by atoms with Gasteiger partial charge in [-0.2, -0.15) is 10.5 Å². The molecule has 1 saturated carbocycles. The predicted molar refractivity (Wildman–Crippen MR) is 72.4 cm³/mol. The first-order chi connectivity index (χ1) is 9.43. The zero-order valence-electron chi connectivity index (χ0n) is 11.8. The van der Waals surface area contributed by atoms with Gasteiger partial charge in [0.05, 0.1) is 18.9 Å². The summed E-state index contributed by atoms with van der Waals surface area (Å²) in [6.45, 7) is 3.48. The second kappa shape index (κ2) is 5.12. The highest BCUT2D eigenvalue weighted by Crippen LogP contribution is 2.41. The van der Waals surface area contributed by atoms with Gasteiger partial charge >= 0.3 is 0 Å². The molecule has 0 bridgehead atoms. The van der Waals surface area contributed by atoms with E-state index in [4.69, 9.17) is 15.8 Å². The molecule has 7 heteroatoms. The van der Waals surface area contributed by atoms with Gasteiger partial charge in [-0.25, -0.2) is 10.8 Å². The summed E-state index contributed by atoms with van der Waals surface area (Å²) in [4.78, 5) is 4.28. The number of rotatable bonds is 3. The first-order valence-electron chi connectivity index (χ1n) is 6.43. The summed E-state index contributed by atoms with van der Waals surface area (Å²) in [6, 6.07) is 4.26. The number of hydrogen-bond donors (Lipinski definition) is 2. The van der Waals surface area contributed by atoms with E-state index in [1.807, 2.05) is 0 Å². The van der Waals surface area contributed by atoms with Crippen LogP contribution in [-0.4, -0.2) is 29.8 Å². The first-order valence-corrected chi connectivity index (χ1v) is 6.43. The smallest absolute Gasteiger partial charge is 0.231 e. The molecule has 7 nitrogen and oxygen atoms in total. The van der Waals surface area contributed by atoms with E-state index in [-0.39, 0.29) is 11.8 Å². The van der Waals surface area contributed by atoms with Crippen LogP contribution in [0.4, 0.5) is 0 Å². The number of hydrogen-bond acceptors (Lipinski definition) is 7. The fourth-order valence-corrected chi connectivity index (χ4v) is 2.10. The molecular weight excluding hydrogens is 256 g/mol.